The third-order valence-electron chi connectivity index (χ3n) is 0.827. The van der Waals surface area contributed by atoms with E-state index in [1.54, 1.807) is 0 Å². The largest absolute Gasteiger partial charge is 2.00 e. The molecule has 0 atom stereocenters. The van der Waals surface area contributed by atoms with E-state index < -0.39 is 0 Å². The first-order chi connectivity index (χ1) is 3.50. The molecule has 2 nitrogen and oxygen atoms in total. The van der Waals surface area contributed by atoms with Gasteiger partial charge in [-0.25, -0.2) is 0 Å². The number of hydrogen-bond acceptors (Lipinski definition) is 2. The molecule has 1 N–H and O–H groups in total. The molecule has 0 aromatic heterocycles. The molecule has 60 valence electrons. The maximum absolute atomic E-state index is 7.00. The van der Waals surface area contributed by atoms with Gasteiger partial charge in [0.2, 0.25) is 0 Å². The molecule has 1 heterocycles. The molecule has 0 unspecified atom stereocenters. The van der Waals surface area contributed by atoms with E-state index in [-0.39, 0.29) is 57.0 Å². The molecular weight excluding hydrogens is 276 g/mol. The van der Waals surface area contributed by atoms with Gasteiger partial charge in [-0.05, 0) is 12.8 Å². The Morgan fingerprint density at radius 2 is 1.30 bits per heavy atom. The van der Waals surface area contributed by atoms with E-state index in [4.69, 9.17) is 9.84 Å². The fourth-order valence-corrected chi connectivity index (χ4v) is 0.510. The maximum Gasteiger partial charge on any atom is 2.00 e. The van der Waals surface area contributed by atoms with E-state index in [1.807, 2.05) is 0 Å². The monoisotopic (exact) mass is 286 g/mol. The second-order valence-corrected chi connectivity index (χ2v) is 1.32. The van der Waals surface area contributed by atoms with Crippen LogP contribution in [0.3, 0.4) is 0 Å². The Balaban J connectivity index is -0.0000000337. The van der Waals surface area contributed by atoms with Crippen LogP contribution < -0.4 is 34.0 Å². The number of hydrogen-bond donors (Lipinski definition) is 1. The van der Waals surface area contributed by atoms with Crippen molar-refractivity contribution in [1.82, 2.24) is 0 Å². The van der Waals surface area contributed by atoms with E-state index in [1.165, 1.54) is 12.8 Å². The van der Waals surface area contributed by atoms with Crippen molar-refractivity contribution in [3.8, 4) is 0 Å². The minimum absolute atomic E-state index is 0. The molecule has 0 amide bonds. The Kier molecular flexibility index (Phi) is 50.6. The van der Waals surface area contributed by atoms with E-state index in [9.17, 15) is 0 Å². The van der Waals surface area contributed by atoms with Gasteiger partial charge in [-0.3, -0.25) is 0 Å². The molecule has 0 aromatic carbocycles. The van der Waals surface area contributed by atoms with E-state index in [0.717, 1.165) is 20.3 Å². The van der Waals surface area contributed by atoms with Gasteiger partial charge >= 0.3 is 23.1 Å². The van der Waals surface area contributed by atoms with Gasteiger partial charge < -0.3 is 43.8 Å². The number of aliphatic hydroxyl groups excluding tert-OH is 1. The number of rotatable bonds is 0. The van der Waals surface area contributed by atoms with Crippen molar-refractivity contribution in [1.29, 1.82) is 0 Å². The predicted octanol–water partition coefficient (Wildman–Crippen LogP) is -5.97. The van der Waals surface area contributed by atoms with Gasteiger partial charge in [-0.15, -0.1) is 0 Å². The van der Waals surface area contributed by atoms with Gasteiger partial charge in [0.05, 0.1) is 0 Å². The molecule has 10 heavy (non-hydrogen) atoms. The fourth-order valence-electron chi connectivity index (χ4n) is 0.510. The van der Waals surface area contributed by atoms with Crippen LogP contribution >= 0.6 is 0 Å². The van der Waals surface area contributed by atoms with Crippen molar-refractivity contribution < 1.29 is 43.8 Å². The fraction of sp³-hybridized carbons (Fsp3) is 1.00. The minimum Gasteiger partial charge on any atom is -1.00 e. The zero-order valence-electron chi connectivity index (χ0n) is 6.15. The quantitative estimate of drug-likeness (QED) is 0.450. The van der Waals surface area contributed by atoms with E-state index in [0.29, 0.717) is 0 Å². The normalized spacial score (nSPS) is 12.6. The third kappa shape index (κ3) is 16.3. The van der Waals surface area contributed by atoms with Gasteiger partial charge in [0, 0.05) is 20.3 Å². The summed E-state index contributed by atoms with van der Waals surface area (Å²) in [5.41, 5.74) is 0. The predicted molar refractivity (Wildman–Crippen MR) is 33.9 cm³/mol. The zero-order chi connectivity index (χ0) is 5.54. The first-order valence-electron chi connectivity index (χ1n) is 2.52. The van der Waals surface area contributed by atoms with Crippen molar-refractivity contribution in [3.05, 3.63) is 0 Å². The molecule has 0 bridgehead atoms. The molecule has 0 aliphatic carbocycles. The summed E-state index contributed by atoms with van der Waals surface area (Å²) in [6, 6.07) is 0. The first kappa shape index (κ1) is 22.6. The average Bonchev–Trinajstić information content (AvgIpc) is 2.23. The molecule has 1 fully saturated rings. The topological polar surface area (TPSA) is 29.5 Å². The van der Waals surface area contributed by atoms with Crippen LogP contribution in [-0.4, -0.2) is 48.5 Å². The Labute approximate surface area is 99.4 Å². The molecule has 0 radical (unpaired) electrons. The SMILES string of the molecule is C1CCOC1.CO.[Br-].[Br-].[Mg+2]. The van der Waals surface area contributed by atoms with Gasteiger partial charge in [0.15, 0.2) is 0 Å². The number of aliphatic hydroxyl groups is 1. The Morgan fingerprint density at radius 3 is 1.40 bits per heavy atom. The molecule has 0 saturated carbocycles. The van der Waals surface area contributed by atoms with Crippen molar-refractivity contribution in [2.24, 2.45) is 0 Å². The van der Waals surface area contributed by atoms with E-state index in [2.05, 4.69) is 0 Å². The van der Waals surface area contributed by atoms with Crippen LogP contribution in [0.25, 0.3) is 0 Å². The van der Waals surface area contributed by atoms with Crippen molar-refractivity contribution in [2.75, 3.05) is 20.3 Å². The Hall–Kier alpha value is 1.65. The Bertz CT molecular complexity index is 29.2. The summed E-state index contributed by atoms with van der Waals surface area (Å²) in [6.07, 6.45) is 2.56. The molecule has 1 saturated heterocycles. The zero-order valence-corrected chi connectivity index (χ0v) is 10.7. The van der Waals surface area contributed by atoms with E-state index >= 15 is 0 Å². The molecule has 1 aliphatic heterocycles. The summed E-state index contributed by atoms with van der Waals surface area (Å²) in [5.74, 6) is 0. The summed E-state index contributed by atoms with van der Waals surface area (Å²) >= 11 is 0. The third-order valence-corrected chi connectivity index (χ3v) is 0.827. The first-order valence-corrected chi connectivity index (χ1v) is 2.52. The summed E-state index contributed by atoms with van der Waals surface area (Å²) in [4.78, 5) is 0. The summed E-state index contributed by atoms with van der Waals surface area (Å²) in [6.45, 7) is 2.00. The second-order valence-electron chi connectivity index (χ2n) is 1.32. The van der Waals surface area contributed by atoms with Crippen molar-refractivity contribution in [2.45, 2.75) is 12.8 Å². The van der Waals surface area contributed by atoms with Gasteiger partial charge in [-0.1, -0.05) is 0 Å². The molecule has 0 aromatic rings. The van der Waals surface area contributed by atoms with Crippen LogP contribution in [0.4, 0.5) is 0 Å². The van der Waals surface area contributed by atoms with Crippen LogP contribution in [0.5, 0.6) is 0 Å². The van der Waals surface area contributed by atoms with Gasteiger partial charge in [0.25, 0.3) is 0 Å². The summed E-state index contributed by atoms with van der Waals surface area (Å²) < 4.78 is 4.94. The summed E-state index contributed by atoms with van der Waals surface area (Å²) in [7, 11) is 1.00. The molecule has 5 heteroatoms. The smallest absolute Gasteiger partial charge is 1.00 e. The van der Waals surface area contributed by atoms with Crippen LogP contribution in [0.15, 0.2) is 0 Å². The van der Waals surface area contributed by atoms with Crippen molar-refractivity contribution >= 4 is 23.1 Å². The molecule has 0 spiro atoms. The van der Waals surface area contributed by atoms with Gasteiger partial charge in [0.1, 0.15) is 0 Å². The maximum atomic E-state index is 7.00. The standard InChI is InChI=1S/C4H8O.CH4O.2BrH.Mg/c1-2-4-5-3-1;1-2;;;/h1-4H2;2H,1H3;2*1H;/q;;;;+2/p-2. The summed E-state index contributed by atoms with van der Waals surface area (Å²) in [5, 5.41) is 7.00. The molecular formula is C5H12Br2MgO2. The number of halogens is 2. The Morgan fingerprint density at radius 1 is 1.00 bits per heavy atom. The average molecular weight is 288 g/mol. The van der Waals surface area contributed by atoms with Crippen molar-refractivity contribution in [3.63, 3.8) is 0 Å². The van der Waals surface area contributed by atoms with Crippen LogP contribution in [0.1, 0.15) is 12.8 Å². The number of ether oxygens (including phenoxy) is 1. The van der Waals surface area contributed by atoms with Gasteiger partial charge in [-0.2, -0.15) is 0 Å². The van der Waals surface area contributed by atoms with Crippen LogP contribution in [0, 0.1) is 0 Å². The van der Waals surface area contributed by atoms with Crippen LogP contribution in [0.2, 0.25) is 0 Å². The molecule has 1 rings (SSSR count). The second kappa shape index (κ2) is 22.4. The van der Waals surface area contributed by atoms with Crippen LogP contribution in [-0.2, 0) is 4.74 Å². The minimum atomic E-state index is 0. The molecule has 1 aliphatic rings.